The smallest absolute Gasteiger partial charge is 0.310 e. The summed E-state index contributed by atoms with van der Waals surface area (Å²) in [6, 6.07) is 10.7. The molecule has 1 radical (unpaired) electrons. The maximum Gasteiger partial charge on any atom is 0.310 e. The van der Waals surface area contributed by atoms with Crippen molar-refractivity contribution in [3.05, 3.63) is 48.6 Å². The molecule has 0 amide bonds. The first-order chi connectivity index (χ1) is 11.2. The van der Waals surface area contributed by atoms with E-state index in [9.17, 15) is 9.90 Å². The SMILES string of the molecule is C=CC(C(=O)O)C(CCCCCCCCCC)c1cc[c]cc1. The van der Waals surface area contributed by atoms with Crippen LogP contribution in [0, 0.1) is 12.0 Å². The Morgan fingerprint density at radius 2 is 1.70 bits per heavy atom. The summed E-state index contributed by atoms with van der Waals surface area (Å²) in [4.78, 5) is 11.5. The highest BCUT2D eigenvalue weighted by Gasteiger charge is 2.26. The van der Waals surface area contributed by atoms with Crippen LogP contribution < -0.4 is 0 Å². The van der Waals surface area contributed by atoms with Crippen LogP contribution in [0.5, 0.6) is 0 Å². The highest BCUT2D eigenvalue weighted by Crippen LogP contribution is 2.31. The second kappa shape index (κ2) is 11.9. The van der Waals surface area contributed by atoms with Crippen molar-refractivity contribution in [3.63, 3.8) is 0 Å². The zero-order chi connectivity index (χ0) is 16.9. The van der Waals surface area contributed by atoms with Gasteiger partial charge in [-0.25, -0.2) is 0 Å². The molecule has 0 saturated heterocycles. The molecule has 0 saturated carbocycles. The zero-order valence-electron chi connectivity index (χ0n) is 14.5. The summed E-state index contributed by atoms with van der Waals surface area (Å²) < 4.78 is 0. The van der Waals surface area contributed by atoms with Crippen LogP contribution in [0.1, 0.15) is 76.2 Å². The first-order valence-electron chi connectivity index (χ1n) is 9.02. The predicted molar refractivity (Wildman–Crippen MR) is 96.6 cm³/mol. The van der Waals surface area contributed by atoms with Gasteiger partial charge in [-0.3, -0.25) is 4.79 Å². The topological polar surface area (TPSA) is 37.3 Å². The molecule has 0 bridgehead atoms. The maximum atomic E-state index is 11.5. The molecule has 2 heteroatoms. The first-order valence-corrected chi connectivity index (χ1v) is 9.02. The van der Waals surface area contributed by atoms with Crippen molar-refractivity contribution in [2.24, 2.45) is 5.92 Å². The van der Waals surface area contributed by atoms with Crippen molar-refractivity contribution >= 4 is 5.97 Å². The number of carboxylic acids is 1. The lowest BCUT2D eigenvalue weighted by Crippen LogP contribution is -2.20. The van der Waals surface area contributed by atoms with E-state index in [1.54, 1.807) is 6.08 Å². The van der Waals surface area contributed by atoms with Crippen molar-refractivity contribution in [1.29, 1.82) is 0 Å². The average Bonchev–Trinajstić information content (AvgIpc) is 2.56. The Kier molecular flexibility index (Phi) is 10.1. The molecule has 23 heavy (non-hydrogen) atoms. The monoisotopic (exact) mass is 315 g/mol. The van der Waals surface area contributed by atoms with E-state index in [1.165, 1.54) is 44.9 Å². The van der Waals surface area contributed by atoms with Crippen LogP contribution in [0.25, 0.3) is 0 Å². The van der Waals surface area contributed by atoms with Gasteiger partial charge in [-0.15, -0.1) is 6.58 Å². The second-order valence-electron chi connectivity index (χ2n) is 6.30. The van der Waals surface area contributed by atoms with Gasteiger partial charge in [-0.05, 0) is 18.1 Å². The van der Waals surface area contributed by atoms with Crippen molar-refractivity contribution in [1.82, 2.24) is 0 Å². The summed E-state index contributed by atoms with van der Waals surface area (Å²) in [5.41, 5.74) is 1.08. The minimum atomic E-state index is -0.780. The van der Waals surface area contributed by atoms with E-state index in [4.69, 9.17) is 0 Å². The lowest BCUT2D eigenvalue weighted by molar-refractivity contribution is -0.140. The number of aliphatic carboxylic acids is 1. The van der Waals surface area contributed by atoms with E-state index in [0.717, 1.165) is 18.4 Å². The van der Waals surface area contributed by atoms with Crippen LogP contribution in [0.15, 0.2) is 36.9 Å². The number of unbranched alkanes of at least 4 members (excludes halogenated alkanes) is 7. The number of carboxylic acid groups (broad SMARTS) is 1. The van der Waals surface area contributed by atoms with Crippen LogP contribution in [0.3, 0.4) is 0 Å². The molecule has 127 valence electrons. The number of carbonyl (C=O) groups is 1. The van der Waals surface area contributed by atoms with Gasteiger partial charge in [0.15, 0.2) is 0 Å². The minimum absolute atomic E-state index is 0.0136. The summed E-state index contributed by atoms with van der Waals surface area (Å²) >= 11 is 0. The van der Waals surface area contributed by atoms with Gasteiger partial charge >= 0.3 is 5.97 Å². The predicted octanol–water partition coefficient (Wildman–Crippen LogP) is 5.99. The van der Waals surface area contributed by atoms with E-state index >= 15 is 0 Å². The highest BCUT2D eigenvalue weighted by atomic mass is 16.4. The summed E-state index contributed by atoms with van der Waals surface area (Å²) in [6.45, 7) is 5.96. The average molecular weight is 315 g/mol. The van der Waals surface area contributed by atoms with Gasteiger partial charge in [0.1, 0.15) is 0 Å². The molecule has 0 spiro atoms. The third-order valence-electron chi connectivity index (χ3n) is 4.51. The fourth-order valence-corrected chi connectivity index (χ4v) is 3.14. The zero-order valence-corrected chi connectivity index (χ0v) is 14.5. The van der Waals surface area contributed by atoms with E-state index in [-0.39, 0.29) is 5.92 Å². The molecule has 0 aliphatic carbocycles. The van der Waals surface area contributed by atoms with Crippen LogP contribution >= 0.6 is 0 Å². The van der Waals surface area contributed by atoms with E-state index in [1.807, 2.05) is 24.3 Å². The third kappa shape index (κ3) is 7.49. The molecule has 1 N–H and O–H groups in total. The van der Waals surface area contributed by atoms with Gasteiger partial charge < -0.3 is 5.11 Å². The second-order valence-corrected chi connectivity index (χ2v) is 6.30. The van der Waals surface area contributed by atoms with E-state index in [0.29, 0.717) is 0 Å². The normalized spacial score (nSPS) is 13.4. The summed E-state index contributed by atoms with van der Waals surface area (Å²) in [6.07, 6.45) is 12.6. The van der Waals surface area contributed by atoms with Crippen molar-refractivity contribution in [2.75, 3.05) is 0 Å². The lowest BCUT2D eigenvalue weighted by atomic mass is 9.82. The fourth-order valence-electron chi connectivity index (χ4n) is 3.14. The molecule has 2 nitrogen and oxygen atoms in total. The molecule has 1 aromatic carbocycles. The summed E-state index contributed by atoms with van der Waals surface area (Å²) in [5, 5.41) is 9.45. The molecule has 2 unspecified atom stereocenters. The van der Waals surface area contributed by atoms with Crippen molar-refractivity contribution < 1.29 is 9.90 Å². The summed E-state index contributed by atoms with van der Waals surface area (Å²) in [5.74, 6) is -1.28. The standard InChI is InChI=1S/C21H31O2/c1-3-5-6-7-8-9-10-14-17-20(19(4-2)21(22)23)18-15-12-11-13-16-18/h4,12-13,15-16,19-20H,2-3,5-10,14,17H2,1H3,(H,22,23). The molecule has 0 heterocycles. The Hall–Kier alpha value is -1.57. The third-order valence-corrected chi connectivity index (χ3v) is 4.51. The quantitative estimate of drug-likeness (QED) is 0.358. The Labute approximate surface area is 141 Å². The lowest BCUT2D eigenvalue weighted by Gasteiger charge is -2.22. The maximum absolute atomic E-state index is 11.5. The Bertz CT molecular complexity index is 438. The van der Waals surface area contributed by atoms with Gasteiger partial charge in [0.2, 0.25) is 0 Å². The van der Waals surface area contributed by atoms with Crippen LogP contribution in [0.2, 0.25) is 0 Å². The first kappa shape index (κ1) is 19.5. The van der Waals surface area contributed by atoms with Crippen LogP contribution in [0.4, 0.5) is 0 Å². The van der Waals surface area contributed by atoms with Gasteiger partial charge in [-0.1, -0.05) is 88.6 Å². The highest BCUT2D eigenvalue weighted by molar-refractivity contribution is 5.73. The molecule has 0 aliphatic rings. The molecule has 2 atom stereocenters. The van der Waals surface area contributed by atoms with E-state index < -0.39 is 11.9 Å². The van der Waals surface area contributed by atoms with Gasteiger partial charge in [0.05, 0.1) is 5.92 Å². The number of hydrogen-bond acceptors (Lipinski definition) is 1. The summed E-state index contributed by atoms with van der Waals surface area (Å²) in [7, 11) is 0. The molecular weight excluding hydrogens is 284 g/mol. The van der Waals surface area contributed by atoms with Gasteiger partial charge in [0, 0.05) is 5.92 Å². The number of benzene rings is 1. The van der Waals surface area contributed by atoms with Gasteiger partial charge in [0.25, 0.3) is 0 Å². The Morgan fingerprint density at radius 1 is 1.13 bits per heavy atom. The molecule has 1 rings (SSSR count). The van der Waals surface area contributed by atoms with Crippen LogP contribution in [-0.4, -0.2) is 11.1 Å². The fraction of sp³-hybridized carbons (Fsp3) is 0.571. The Morgan fingerprint density at radius 3 is 2.22 bits per heavy atom. The molecule has 0 aliphatic heterocycles. The molecule has 1 aromatic rings. The van der Waals surface area contributed by atoms with Crippen molar-refractivity contribution in [2.45, 2.75) is 70.6 Å². The van der Waals surface area contributed by atoms with Crippen molar-refractivity contribution in [3.8, 4) is 0 Å². The molecular formula is C21H31O2. The molecule has 0 aromatic heterocycles. The molecule has 0 fully saturated rings. The number of hydrogen-bond donors (Lipinski definition) is 1. The van der Waals surface area contributed by atoms with Gasteiger partial charge in [-0.2, -0.15) is 0 Å². The Balaban J connectivity index is 2.45. The van der Waals surface area contributed by atoms with E-state index in [2.05, 4.69) is 19.6 Å². The minimum Gasteiger partial charge on any atom is -0.481 e. The van der Waals surface area contributed by atoms with Crippen LogP contribution in [-0.2, 0) is 4.79 Å². The largest absolute Gasteiger partial charge is 0.481 e. The number of rotatable bonds is 13.